The van der Waals surface area contributed by atoms with Crippen LogP contribution in [0.5, 0.6) is 0 Å². The predicted molar refractivity (Wildman–Crippen MR) is 187 cm³/mol. The number of rotatable bonds is 12. The highest BCUT2D eigenvalue weighted by Gasteiger charge is 2.23. The van der Waals surface area contributed by atoms with Crippen molar-refractivity contribution in [3.63, 3.8) is 0 Å². The van der Waals surface area contributed by atoms with E-state index in [9.17, 15) is 34.6 Å². The molecule has 5 aromatic rings. The average molecular weight is 674 g/mol. The fourth-order valence-corrected chi connectivity index (χ4v) is 5.62. The molecule has 1 unspecified atom stereocenters. The van der Waals surface area contributed by atoms with Crippen molar-refractivity contribution in [2.75, 3.05) is 10.6 Å². The van der Waals surface area contributed by atoms with Gasteiger partial charge in [0.25, 0.3) is 23.2 Å². The van der Waals surface area contributed by atoms with Crippen molar-refractivity contribution in [3.8, 4) is 0 Å². The summed E-state index contributed by atoms with van der Waals surface area (Å²) in [6.45, 7) is 0. The van der Waals surface area contributed by atoms with Crippen LogP contribution >= 0.6 is 11.8 Å². The number of nitro groups is 2. The molecule has 1 atom stereocenters. The molecule has 0 radical (unpaired) electrons. The van der Waals surface area contributed by atoms with E-state index in [1.165, 1.54) is 60.3 Å². The van der Waals surface area contributed by atoms with Crippen molar-refractivity contribution in [1.29, 1.82) is 0 Å². The average Bonchev–Trinajstić information content (AvgIpc) is 3.12. The van der Waals surface area contributed by atoms with Gasteiger partial charge in [-0.15, -0.1) is 11.8 Å². The van der Waals surface area contributed by atoms with Crippen LogP contribution in [0.4, 0.5) is 22.7 Å². The Bertz CT molecular complexity index is 2020. The third kappa shape index (κ3) is 9.02. The first-order valence-corrected chi connectivity index (χ1v) is 15.6. The molecule has 0 aliphatic heterocycles. The lowest BCUT2D eigenvalue weighted by atomic mass is 10.1. The van der Waals surface area contributed by atoms with Crippen LogP contribution in [0.3, 0.4) is 0 Å². The lowest BCUT2D eigenvalue weighted by Gasteiger charge is -2.17. The highest BCUT2D eigenvalue weighted by molar-refractivity contribution is 8.00. The Morgan fingerprint density at radius 3 is 1.86 bits per heavy atom. The Balaban J connectivity index is 1.35. The molecule has 0 aliphatic rings. The molecule has 0 bridgehead atoms. The quantitative estimate of drug-likeness (QED) is 0.0532. The van der Waals surface area contributed by atoms with E-state index in [0.29, 0.717) is 16.3 Å². The first-order chi connectivity index (χ1) is 23.7. The number of thioether (sulfide) groups is 1. The predicted octanol–water partition coefficient (Wildman–Crippen LogP) is 7.38. The molecule has 12 nitrogen and oxygen atoms in total. The second-order valence-corrected chi connectivity index (χ2v) is 11.6. The SMILES string of the molecule is O=C(Nc1ccc(SC(C(=O)Nc2ccc([N+](=O)[O-])cc2)c2ccccc2)cc1)/C(=C/c1ccccc1[N+](=O)[O-])NC(=O)c1ccccc1. The van der Waals surface area contributed by atoms with Gasteiger partial charge in [-0.25, -0.2) is 0 Å². The van der Waals surface area contributed by atoms with E-state index in [0.717, 1.165) is 5.56 Å². The Morgan fingerprint density at radius 2 is 1.22 bits per heavy atom. The maximum absolute atomic E-state index is 13.5. The molecule has 3 amide bonds. The van der Waals surface area contributed by atoms with E-state index in [4.69, 9.17) is 0 Å². The van der Waals surface area contributed by atoms with E-state index in [1.54, 1.807) is 60.7 Å². The molecule has 0 aliphatic carbocycles. The molecule has 49 heavy (non-hydrogen) atoms. The molecule has 5 rings (SSSR count). The van der Waals surface area contributed by atoms with Crippen molar-refractivity contribution in [3.05, 3.63) is 176 Å². The number of hydrogen-bond donors (Lipinski definition) is 3. The third-order valence-electron chi connectivity index (χ3n) is 7.01. The molecular weight excluding hydrogens is 646 g/mol. The van der Waals surface area contributed by atoms with Gasteiger partial charge in [-0.1, -0.05) is 60.7 Å². The lowest BCUT2D eigenvalue weighted by Crippen LogP contribution is -2.30. The standard InChI is InChI=1S/C36H27N5O7S/c42-34(25-11-5-2-6-12-25)39-31(23-26-13-7-8-14-32(26)41(47)48)35(43)37-28-17-21-30(22-18-28)49-33(24-9-3-1-4-10-24)36(44)38-27-15-19-29(20-16-27)40(45)46/h1-23,33H,(H,37,43)(H,38,44)(H,39,42)/b31-23-. The number of anilines is 2. The number of carbonyl (C=O) groups is 3. The van der Waals surface area contributed by atoms with Gasteiger partial charge in [0.15, 0.2) is 0 Å². The number of carbonyl (C=O) groups excluding carboxylic acids is 3. The van der Waals surface area contributed by atoms with Gasteiger partial charge in [0.05, 0.1) is 15.4 Å². The second kappa shape index (κ2) is 15.8. The van der Waals surface area contributed by atoms with E-state index < -0.39 is 26.9 Å². The number of hydrogen-bond acceptors (Lipinski definition) is 8. The molecule has 244 valence electrons. The fourth-order valence-electron chi connectivity index (χ4n) is 4.60. The van der Waals surface area contributed by atoms with Crippen LogP contribution in [0.2, 0.25) is 0 Å². The van der Waals surface area contributed by atoms with Crippen molar-refractivity contribution in [1.82, 2.24) is 5.32 Å². The van der Waals surface area contributed by atoms with E-state index >= 15 is 0 Å². The maximum Gasteiger partial charge on any atom is 0.276 e. The van der Waals surface area contributed by atoms with Crippen LogP contribution < -0.4 is 16.0 Å². The van der Waals surface area contributed by atoms with Gasteiger partial charge in [-0.3, -0.25) is 34.6 Å². The molecule has 0 fully saturated rings. The Kier molecular flexibility index (Phi) is 10.9. The first-order valence-electron chi connectivity index (χ1n) is 14.7. The van der Waals surface area contributed by atoms with Crippen LogP contribution in [-0.2, 0) is 9.59 Å². The van der Waals surface area contributed by atoms with Gasteiger partial charge < -0.3 is 16.0 Å². The first kappa shape index (κ1) is 33.8. The Hall–Kier alpha value is -6.60. The number of amides is 3. The van der Waals surface area contributed by atoms with Crippen LogP contribution in [0.1, 0.15) is 26.7 Å². The minimum atomic E-state index is -0.715. The number of benzene rings is 5. The van der Waals surface area contributed by atoms with Gasteiger partial charge in [0.1, 0.15) is 10.9 Å². The zero-order chi connectivity index (χ0) is 34.8. The third-order valence-corrected chi connectivity index (χ3v) is 8.28. The number of para-hydroxylation sites is 1. The minimum Gasteiger partial charge on any atom is -0.325 e. The largest absolute Gasteiger partial charge is 0.325 e. The second-order valence-electron chi connectivity index (χ2n) is 10.4. The summed E-state index contributed by atoms with van der Waals surface area (Å²) in [5.41, 5.74) is 1.35. The van der Waals surface area contributed by atoms with Gasteiger partial charge in [0, 0.05) is 40.0 Å². The highest BCUT2D eigenvalue weighted by atomic mass is 32.2. The van der Waals surface area contributed by atoms with Crippen molar-refractivity contribution >= 4 is 58.3 Å². The molecule has 0 saturated heterocycles. The zero-order valence-electron chi connectivity index (χ0n) is 25.5. The van der Waals surface area contributed by atoms with Crippen molar-refractivity contribution < 1.29 is 24.2 Å². The molecule has 0 spiro atoms. The molecule has 3 N–H and O–H groups in total. The normalized spacial score (nSPS) is 11.6. The number of nitrogens with one attached hydrogen (secondary N) is 3. The monoisotopic (exact) mass is 673 g/mol. The van der Waals surface area contributed by atoms with E-state index in [-0.39, 0.29) is 34.1 Å². The summed E-state index contributed by atoms with van der Waals surface area (Å²) in [7, 11) is 0. The summed E-state index contributed by atoms with van der Waals surface area (Å²) in [5, 5.41) is 30.0. The van der Waals surface area contributed by atoms with Crippen molar-refractivity contribution in [2.45, 2.75) is 10.1 Å². The van der Waals surface area contributed by atoms with Gasteiger partial charge >= 0.3 is 0 Å². The summed E-state index contributed by atoms with van der Waals surface area (Å²) < 4.78 is 0. The minimum absolute atomic E-state index is 0.0956. The van der Waals surface area contributed by atoms with Gasteiger partial charge in [-0.05, 0) is 66.2 Å². The smallest absolute Gasteiger partial charge is 0.276 e. The van der Waals surface area contributed by atoms with Gasteiger partial charge in [0.2, 0.25) is 5.91 Å². The van der Waals surface area contributed by atoms with Crippen LogP contribution in [0, 0.1) is 20.2 Å². The van der Waals surface area contributed by atoms with Crippen LogP contribution in [-0.4, -0.2) is 27.6 Å². The summed E-state index contributed by atoms with van der Waals surface area (Å²) in [4.78, 5) is 62.1. The number of nitrogens with zero attached hydrogens (tertiary/aromatic N) is 2. The lowest BCUT2D eigenvalue weighted by molar-refractivity contribution is -0.385. The topological polar surface area (TPSA) is 174 Å². The Morgan fingerprint density at radius 1 is 0.653 bits per heavy atom. The summed E-state index contributed by atoms with van der Waals surface area (Å²) >= 11 is 1.26. The van der Waals surface area contributed by atoms with Crippen LogP contribution in [0.15, 0.2) is 144 Å². The Labute approximate surface area is 284 Å². The molecule has 5 aromatic carbocycles. The van der Waals surface area contributed by atoms with Crippen molar-refractivity contribution in [2.24, 2.45) is 0 Å². The summed E-state index contributed by atoms with van der Waals surface area (Å²) in [6, 6.07) is 35.4. The summed E-state index contributed by atoms with van der Waals surface area (Å²) in [6.07, 6.45) is 1.24. The fraction of sp³-hybridized carbons (Fsp3) is 0.0278. The zero-order valence-corrected chi connectivity index (χ0v) is 26.3. The number of nitro benzene ring substituents is 2. The molecule has 13 heteroatoms. The van der Waals surface area contributed by atoms with E-state index in [2.05, 4.69) is 16.0 Å². The summed E-state index contributed by atoms with van der Waals surface area (Å²) in [5.74, 6) is -1.64. The van der Waals surface area contributed by atoms with Gasteiger partial charge in [-0.2, -0.15) is 0 Å². The molecular formula is C36H27N5O7S. The number of non-ortho nitro benzene ring substituents is 1. The molecule has 0 saturated carbocycles. The van der Waals surface area contributed by atoms with Crippen LogP contribution in [0.25, 0.3) is 6.08 Å². The van der Waals surface area contributed by atoms with E-state index in [1.807, 2.05) is 30.3 Å². The molecule has 0 heterocycles. The maximum atomic E-state index is 13.5. The molecule has 0 aromatic heterocycles. The highest BCUT2D eigenvalue weighted by Crippen LogP contribution is 2.37.